The summed E-state index contributed by atoms with van der Waals surface area (Å²) >= 11 is 6.28. The second kappa shape index (κ2) is 6.03. The van der Waals surface area contributed by atoms with E-state index in [2.05, 4.69) is 9.97 Å². The van der Waals surface area contributed by atoms with E-state index in [1.165, 1.54) is 0 Å². The Hall–Kier alpha value is -2.59. The highest BCUT2D eigenvalue weighted by molar-refractivity contribution is 6.50. The summed E-state index contributed by atoms with van der Waals surface area (Å²) in [6.07, 6.45) is 1.74. The number of hydrogen-bond acceptors (Lipinski definition) is 3. The highest BCUT2D eigenvalue weighted by Crippen LogP contribution is 2.21. The first-order valence-electron chi connectivity index (χ1n) is 6.68. The van der Waals surface area contributed by atoms with Gasteiger partial charge in [-0.05, 0) is 35.9 Å². The molecule has 0 aliphatic heterocycles. The van der Waals surface area contributed by atoms with Crippen LogP contribution in [0.3, 0.4) is 0 Å². The number of aromatic amines is 1. The fourth-order valence-electron chi connectivity index (χ4n) is 2.11. The SMILES string of the molecule is COc1ccc(/C=C(\Cl)c2nc3ccccc3c(=O)[nH]2)cc1. The lowest BCUT2D eigenvalue weighted by molar-refractivity contribution is 0.415. The number of hydrogen-bond donors (Lipinski definition) is 1. The molecule has 0 fully saturated rings. The number of rotatable bonds is 3. The molecule has 1 aromatic heterocycles. The Balaban J connectivity index is 2.02. The zero-order valence-electron chi connectivity index (χ0n) is 11.8. The minimum Gasteiger partial charge on any atom is -0.497 e. The summed E-state index contributed by atoms with van der Waals surface area (Å²) in [5.74, 6) is 1.12. The van der Waals surface area contributed by atoms with Crippen LogP contribution in [-0.2, 0) is 0 Å². The van der Waals surface area contributed by atoms with Crippen molar-refractivity contribution in [2.45, 2.75) is 0 Å². The van der Waals surface area contributed by atoms with E-state index >= 15 is 0 Å². The van der Waals surface area contributed by atoms with E-state index in [4.69, 9.17) is 16.3 Å². The van der Waals surface area contributed by atoms with E-state index in [9.17, 15) is 4.79 Å². The predicted molar refractivity (Wildman–Crippen MR) is 89.1 cm³/mol. The number of halogens is 1. The molecular weight excluding hydrogens is 300 g/mol. The van der Waals surface area contributed by atoms with Gasteiger partial charge in [0.2, 0.25) is 0 Å². The van der Waals surface area contributed by atoms with Crippen molar-refractivity contribution in [2.75, 3.05) is 7.11 Å². The number of H-pyrrole nitrogens is 1. The topological polar surface area (TPSA) is 55.0 Å². The summed E-state index contributed by atoms with van der Waals surface area (Å²) in [7, 11) is 1.61. The number of aromatic nitrogens is 2. The van der Waals surface area contributed by atoms with Crippen LogP contribution in [-0.4, -0.2) is 17.1 Å². The van der Waals surface area contributed by atoms with Gasteiger partial charge in [-0.25, -0.2) is 4.98 Å². The number of nitrogens with zero attached hydrogens (tertiary/aromatic N) is 1. The van der Waals surface area contributed by atoms with Gasteiger partial charge in [0, 0.05) is 0 Å². The highest BCUT2D eigenvalue weighted by Gasteiger charge is 2.06. The van der Waals surface area contributed by atoms with Crippen LogP contribution in [0.5, 0.6) is 5.75 Å². The third-order valence-corrected chi connectivity index (χ3v) is 3.54. The van der Waals surface area contributed by atoms with Crippen molar-refractivity contribution in [1.29, 1.82) is 0 Å². The minimum absolute atomic E-state index is 0.207. The molecular formula is C17H13ClN2O2. The van der Waals surface area contributed by atoms with E-state index < -0.39 is 0 Å². The Labute approximate surface area is 132 Å². The number of benzene rings is 2. The van der Waals surface area contributed by atoms with E-state index in [1.54, 1.807) is 31.4 Å². The summed E-state index contributed by atoms with van der Waals surface area (Å²) < 4.78 is 5.11. The molecule has 0 amide bonds. The van der Waals surface area contributed by atoms with Crippen molar-refractivity contribution >= 4 is 33.6 Å². The van der Waals surface area contributed by atoms with Crippen molar-refractivity contribution in [2.24, 2.45) is 0 Å². The molecule has 22 heavy (non-hydrogen) atoms. The Morgan fingerprint density at radius 1 is 1.18 bits per heavy atom. The number of ether oxygens (including phenoxy) is 1. The van der Waals surface area contributed by atoms with E-state index in [0.717, 1.165) is 11.3 Å². The van der Waals surface area contributed by atoms with Crippen LogP contribution in [0, 0.1) is 0 Å². The molecule has 0 radical (unpaired) electrons. The largest absolute Gasteiger partial charge is 0.497 e. The zero-order valence-corrected chi connectivity index (χ0v) is 12.6. The molecule has 0 saturated carbocycles. The van der Waals surface area contributed by atoms with E-state index in [0.29, 0.717) is 21.8 Å². The average Bonchev–Trinajstić information content (AvgIpc) is 2.55. The van der Waals surface area contributed by atoms with Crippen molar-refractivity contribution in [3.8, 4) is 5.75 Å². The second-order valence-corrected chi connectivity index (χ2v) is 5.10. The maximum Gasteiger partial charge on any atom is 0.259 e. The highest BCUT2D eigenvalue weighted by atomic mass is 35.5. The number of para-hydroxylation sites is 1. The lowest BCUT2D eigenvalue weighted by Gasteiger charge is -2.03. The molecule has 0 saturated heterocycles. The molecule has 0 unspecified atom stereocenters. The van der Waals surface area contributed by atoms with Crippen molar-refractivity contribution < 1.29 is 4.74 Å². The van der Waals surface area contributed by atoms with Crippen molar-refractivity contribution in [3.05, 3.63) is 70.3 Å². The molecule has 1 heterocycles. The van der Waals surface area contributed by atoms with Crippen molar-refractivity contribution in [3.63, 3.8) is 0 Å². The van der Waals surface area contributed by atoms with Gasteiger partial charge < -0.3 is 9.72 Å². The van der Waals surface area contributed by atoms with Crippen molar-refractivity contribution in [1.82, 2.24) is 9.97 Å². The Kier molecular flexibility index (Phi) is 3.94. The van der Waals surface area contributed by atoms with Crippen LogP contribution in [0.15, 0.2) is 53.3 Å². The van der Waals surface area contributed by atoms with Crippen LogP contribution >= 0.6 is 11.6 Å². The molecule has 3 aromatic rings. The average molecular weight is 313 g/mol. The van der Waals surface area contributed by atoms with Gasteiger partial charge in [-0.1, -0.05) is 35.9 Å². The molecule has 5 heteroatoms. The third-order valence-electron chi connectivity index (χ3n) is 3.25. The molecule has 2 aromatic carbocycles. The summed E-state index contributed by atoms with van der Waals surface area (Å²) in [6.45, 7) is 0. The second-order valence-electron chi connectivity index (χ2n) is 4.70. The van der Waals surface area contributed by atoms with Crippen LogP contribution in [0.25, 0.3) is 22.0 Å². The normalized spacial score (nSPS) is 11.6. The van der Waals surface area contributed by atoms with Crippen LogP contribution < -0.4 is 10.3 Å². The first-order valence-corrected chi connectivity index (χ1v) is 7.06. The van der Waals surface area contributed by atoms with E-state index in [1.807, 2.05) is 30.3 Å². The fraction of sp³-hybridized carbons (Fsp3) is 0.0588. The maximum absolute atomic E-state index is 12.0. The number of fused-ring (bicyclic) bond motifs is 1. The maximum atomic E-state index is 12.0. The lowest BCUT2D eigenvalue weighted by Crippen LogP contribution is -2.10. The third kappa shape index (κ3) is 2.87. The van der Waals surface area contributed by atoms with Gasteiger partial charge in [-0.2, -0.15) is 0 Å². The molecule has 4 nitrogen and oxygen atoms in total. The van der Waals surface area contributed by atoms with Crippen LogP contribution in [0.4, 0.5) is 0 Å². The predicted octanol–water partition coefficient (Wildman–Crippen LogP) is 3.67. The summed E-state index contributed by atoms with van der Waals surface area (Å²) in [5.41, 5.74) is 1.30. The Bertz CT molecular complexity index is 898. The molecule has 0 aliphatic carbocycles. The summed E-state index contributed by atoms with van der Waals surface area (Å²) in [6, 6.07) is 14.6. The van der Waals surface area contributed by atoms with Gasteiger partial charge >= 0.3 is 0 Å². The number of methoxy groups -OCH3 is 1. The quantitative estimate of drug-likeness (QED) is 0.803. The minimum atomic E-state index is -0.207. The molecule has 0 aliphatic rings. The lowest BCUT2D eigenvalue weighted by atomic mass is 10.2. The van der Waals surface area contributed by atoms with Gasteiger partial charge in [0.25, 0.3) is 5.56 Å². The van der Waals surface area contributed by atoms with Gasteiger partial charge in [0.15, 0.2) is 5.82 Å². The van der Waals surface area contributed by atoms with Gasteiger partial charge in [0.1, 0.15) is 5.75 Å². The van der Waals surface area contributed by atoms with Gasteiger partial charge in [-0.15, -0.1) is 0 Å². The van der Waals surface area contributed by atoms with Gasteiger partial charge in [0.05, 0.1) is 23.0 Å². The first-order chi connectivity index (χ1) is 10.7. The summed E-state index contributed by atoms with van der Waals surface area (Å²) in [5, 5.41) is 0.910. The molecule has 3 rings (SSSR count). The Morgan fingerprint density at radius 3 is 2.64 bits per heavy atom. The molecule has 110 valence electrons. The molecule has 1 N–H and O–H groups in total. The fourth-order valence-corrected chi connectivity index (χ4v) is 2.33. The zero-order chi connectivity index (χ0) is 15.5. The molecule has 0 atom stereocenters. The number of nitrogens with one attached hydrogen (secondary N) is 1. The molecule has 0 bridgehead atoms. The Morgan fingerprint density at radius 2 is 1.91 bits per heavy atom. The summed E-state index contributed by atoms with van der Waals surface area (Å²) in [4.78, 5) is 19.1. The standard InChI is InChI=1S/C17H13ClN2O2/c1-22-12-8-6-11(7-9-12)10-14(18)16-19-15-5-3-2-4-13(15)17(21)20-16/h2-10H,1H3,(H,19,20,21)/b14-10-. The first kappa shape index (κ1) is 14.4. The monoisotopic (exact) mass is 312 g/mol. The molecule has 0 spiro atoms. The smallest absolute Gasteiger partial charge is 0.259 e. The van der Waals surface area contributed by atoms with E-state index in [-0.39, 0.29) is 5.56 Å². The van der Waals surface area contributed by atoms with Crippen LogP contribution in [0.2, 0.25) is 0 Å². The van der Waals surface area contributed by atoms with Gasteiger partial charge in [-0.3, -0.25) is 4.79 Å². The van der Waals surface area contributed by atoms with Crippen LogP contribution in [0.1, 0.15) is 11.4 Å².